The van der Waals surface area contributed by atoms with E-state index in [0.717, 1.165) is 32.3 Å². The van der Waals surface area contributed by atoms with Crippen molar-refractivity contribution in [3.05, 3.63) is 0 Å². The van der Waals surface area contributed by atoms with Crippen molar-refractivity contribution in [2.45, 2.75) is 82.7 Å². The first kappa shape index (κ1) is 23.0. The first-order valence-corrected chi connectivity index (χ1v) is 10.9. The molecule has 0 heterocycles. The lowest BCUT2D eigenvalue weighted by Crippen LogP contribution is -2.36. The van der Waals surface area contributed by atoms with E-state index in [1.165, 1.54) is 25.7 Å². The van der Waals surface area contributed by atoms with Crippen molar-refractivity contribution in [2.24, 2.45) is 0 Å². The predicted molar refractivity (Wildman–Crippen MR) is 104 cm³/mol. The van der Waals surface area contributed by atoms with Crippen LogP contribution in [0.3, 0.4) is 0 Å². The summed E-state index contributed by atoms with van der Waals surface area (Å²) in [4.78, 5) is 0. The molecule has 0 amide bonds. The topological polar surface area (TPSA) is 55.4 Å². The van der Waals surface area contributed by atoms with E-state index < -0.39 is 0 Å². The monoisotopic (exact) mass is 388 g/mol. The average Bonchev–Trinajstić information content (AvgIpc) is 2.71. The van der Waals surface area contributed by atoms with Crippen LogP contribution in [0.5, 0.6) is 0 Å². The van der Waals surface area contributed by atoms with Gasteiger partial charge < -0.3 is 28.4 Å². The Hall–Kier alpha value is -0.240. The van der Waals surface area contributed by atoms with Gasteiger partial charge in [0.1, 0.15) is 0 Å². The number of rotatable bonds is 14. The summed E-state index contributed by atoms with van der Waals surface area (Å²) in [5, 5.41) is 0. The summed E-state index contributed by atoms with van der Waals surface area (Å²) in [6, 6.07) is 0. The average molecular weight is 389 g/mol. The van der Waals surface area contributed by atoms with Gasteiger partial charge in [-0.1, -0.05) is 25.7 Å². The molecule has 0 N–H and O–H groups in total. The summed E-state index contributed by atoms with van der Waals surface area (Å²) in [6.45, 7) is 6.49. The van der Waals surface area contributed by atoms with Crippen LogP contribution in [0.2, 0.25) is 0 Å². The van der Waals surface area contributed by atoms with Crippen molar-refractivity contribution in [2.75, 3.05) is 53.4 Å². The van der Waals surface area contributed by atoms with Crippen LogP contribution in [0, 0.1) is 0 Å². The molecule has 27 heavy (non-hydrogen) atoms. The third-order valence-electron chi connectivity index (χ3n) is 5.47. The minimum Gasteiger partial charge on any atom is -0.379 e. The summed E-state index contributed by atoms with van der Waals surface area (Å²) in [7, 11) is 1.78. The molecule has 0 aromatic carbocycles. The Morgan fingerprint density at radius 2 is 0.963 bits per heavy atom. The van der Waals surface area contributed by atoms with E-state index in [4.69, 9.17) is 28.4 Å². The van der Waals surface area contributed by atoms with Gasteiger partial charge in [-0.25, -0.2) is 0 Å². The highest BCUT2D eigenvalue weighted by atomic mass is 16.6. The van der Waals surface area contributed by atoms with Gasteiger partial charge in [0.2, 0.25) is 0 Å². The van der Waals surface area contributed by atoms with Crippen LogP contribution in [0.4, 0.5) is 0 Å². The van der Waals surface area contributed by atoms with E-state index in [2.05, 4.69) is 0 Å². The lowest BCUT2D eigenvalue weighted by Gasteiger charge is -2.31. The summed E-state index contributed by atoms with van der Waals surface area (Å²) < 4.78 is 34.5. The maximum Gasteiger partial charge on any atom is 0.0837 e. The first-order valence-electron chi connectivity index (χ1n) is 10.9. The van der Waals surface area contributed by atoms with Crippen LogP contribution >= 0.6 is 0 Å². The quantitative estimate of drug-likeness (QED) is 0.425. The van der Waals surface area contributed by atoms with Crippen molar-refractivity contribution >= 4 is 0 Å². The molecule has 0 saturated heterocycles. The predicted octanol–water partition coefficient (Wildman–Crippen LogP) is 3.36. The third-order valence-corrected chi connectivity index (χ3v) is 5.47. The van der Waals surface area contributed by atoms with Gasteiger partial charge in [0.15, 0.2) is 0 Å². The van der Waals surface area contributed by atoms with Crippen molar-refractivity contribution in [3.63, 3.8) is 0 Å². The summed E-state index contributed by atoms with van der Waals surface area (Å²) in [5.41, 5.74) is 0. The van der Waals surface area contributed by atoms with Crippen LogP contribution < -0.4 is 0 Å². The summed E-state index contributed by atoms with van der Waals surface area (Å²) >= 11 is 0. The second-order valence-electron chi connectivity index (χ2n) is 7.38. The Kier molecular flexibility index (Phi) is 12.6. The van der Waals surface area contributed by atoms with Crippen LogP contribution in [-0.4, -0.2) is 77.8 Å². The van der Waals surface area contributed by atoms with E-state index in [0.29, 0.717) is 39.6 Å². The molecule has 2 saturated carbocycles. The zero-order valence-corrected chi connectivity index (χ0v) is 17.4. The van der Waals surface area contributed by atoms with E-state index in [1.807, 2.05) is 6.92 Å². The van der Waals surface area contributed by atoms with Gasteiger partial charge in [0, 0.05) is 13.7 Å². The molecule has 0 aromatic rings. The highest BCUT2D eigenvalue weighted by molar-refractivity contribution is 4.77. The van der Waals surface area contributed by atoms with Crippen molar-refractivity contribution in [1.29, 1.82) is 0 Å². The van der Waals surface area contributed by atoms with Gasteiger partial charge in [-0.2, -0.15) is 0 Å². The largest absolute Gasteiger partial charge is 0.379 e. The number of hydrogen-bond donors (Lipinski definition) is 0. The van der Waals surface area contributed by atoms with Gasteiger partial charge in [0.05, 0.1) is 64.1 Å². The molecule has 160 valence electrons. The molecule has 0 aliphatic heterocycles. The van der Waals surface area contributed by atoms with Crippen molar-refractivity contribution in [1.82, 2.24) is 0 Å². The lowest BCUT2D eigenvalue weighted by atomic mass is 9.94. The summed E-state index contributed by atoms with van der Waals surface area (Å²) in [6.07, 6.45) is 10.1. The fourth-order valence-electron chi connectivity index (χ4n) is 3.99. The Labute approximate surface area is 165 Å². The van der Waals surface area contributed by atoms with Crippen LogP contribution in [0.1, 0.15) is 58.3 Å². The first-order chi connectivity index (χ1) is 13.3. The maximum atomic E-state index is 6.03. The van der Waals surface area contributed by atoms with E-state index >= 15 is 0 Å². The Morgan fingerprint density at radius 3 is 1.41 bits per heavy atom. The second-order valence-corrected chi connectivity index (χ2v) is 7.38. The Bertz CT molecular complexity index is 354. The molecule has 2 aliphatic rings. The molecule has 2 aliphatic carbocycles. The molecule has 0 spiro atoms. The second kappa shape index (κ2) is 14.7. The molecular weight excluding hydrogens is 348 g/mol. The number of ether oxygens (including phenoxy) is 6. The molecular formula is C21H40O6. The minimum atomic E-state index is 0.185. The molecule has 4 atom stereocenters. The molecule has 2 fully saturated rings. The molecule has 4 unspecified atom stereocenters. The van der Waals surface area contributed by atoms with Gasteiger partial charge >= 0.3 is 0 Å². The molecule has 2 rings (SSSR count). The van der Waals surface area contributed by atoms with E-state index in [-0.39, 0.29) is 24.4 Å². The SMILES string of the molecule is CCOCCOC1CCCCC1OCCOCCOC1CCCCC1OC. The smallest absolute Gasteiger partial charge is 0.0837 e. The van der Waals surface area contributed by atoms with Crippen molar-refractivity contribution in [3.8, 4) is 0 Å². The molecule has 6 nitrogen and oxygen atoms in total. The van der Waals surface area contributed by atoms with E-state index in [1.54, 1.807) is 7.11 Å². The normalized spacial score (nSPS) is 29.1. The maximum absolute atomic E-state index is 6.03. The zero-order valence-electron chi connectivity index (χ0n) is 17.4. The minimum absolute atomic E-state index is 0.185. The Morgan fingerprint density at radius 1 is 0.556 bits per heavy atom. The number of methoxy groups -OCH3 is 1. The van der Waals surface area contributed by atoms with Crippen LogP contribution in [0.25, 0.3) is 0 Å². The van der Waals surface area contributed by atoms with Gasteiger partial charge in [-0.15, -0.1) is 0 Å². The van der Waals surface area contributed by atoms with Gasteiger partial charge in [-0.05, 0) is 32.6 Å². The summed E-state index contributed by atoms with van der Waals surface area (Å²) in [5.74, 6) is 0. The van der Waals surface area contributed by atoms with Crippen LogP contribution in [-0.2, 0) is 28.4 Å². The molecule has 0 bridgehead atoms. The lowest BCUT2D eigenvalue weighted by molar-refractivity contribution is -0.114. The molecule has 0 radical (unpaired) electrons. The van der Waals surface area contributed by atoms with Gasteiger partial charge in [0.25, 0.3) is 0 Å². The standard InChI is InChI=1S/C21H40O6/c1-3-23-12-15-26-20-10-6-7-11-21(20)27-17-14-24-13-16-25-19-9-5-4-8-18(19)22-2/h18-21H,3-17H2,1-2H3. The number of hydrogen-bond acceptors (Lipinski definition) is 6. The van der Waals surface area contributed by atoms with Crippen LogP contribution in [0.15, 0.2) is 0 Å². The Balaban J connectivity index is 1.49. The van der Waals surface area contributed by atoms with E-state index in [9.17, 15) is 0 Å². The molecule has 6 heteroatoms. The van der Waals surface area contributed by atoms with Gasteiger partial charge in [-0.3, -0.25) is 0 Å². The third kappa shape index (κ3) is 9.20. The van der Waals surface area contributed by atoms with Crippen molar-refractivity contribution < 1.29 is 28.4 Å². The highest BCUT2D eigenvalue weighted by Crippen LogP contribution is 2.24. The highest BCUT2D eigenvalue weighted by Gasteiger charge is 2.27. The zero-order chi connectivity index (χ0) is 19.2. The molecule has 0 aromatic heterocycles. The fraction of sp³-hybridized carbons (Fsp3) is 1.00. The fourth-order valence-corrected chi connectivity index (χ4v) is 3.99.